The van der Waals surface area contributed by atoms with Crippen molar-refractivity contribution >= 4 is 37.8 Å². The van der Waals surface area contributed by atoms with Gasteiger partial charge in [-0.25, -0.2) is 0 Å². The van der Waals surface area contributed by atoms with Gasteiger partial charge in [0.2, 0.25) is 0 Å². The van der Waals surface area contributed by atoms with E-state index < -0.39 is 0 Å². The van der Waals surface area contributed by atoms with Crippen LogP contribution in [-0.2, 0) is 4.74 Å². The number of methoxy groups -OCH3 is 1. The van der Waals surface area contributed by atoms with Gasteiger partial charge in [-0.05, 0) is 98.1 Å². The number of ether oxygens (including phenoxy) is 1. The molecule has 0 spiro atoms. The van der Waals surface area contributed by atoms with Crippen LogP contribution in [0.15, 0.2) is 12.1 Å². The van der Waals surface area contributed by atoms with Crippen LogP contribution in [0.2, 0.25) is 0 Å². The van der Waals surface area contributed by atoms with Crippen LogP contribution in [0.4, 0.5) is 0 Å². The first-order valence-electron chi connectivity index (χ1n) is 14.6. The lowest BCUT2D eigenvalue weighted by molar-refractivity contribution is 0.308. The Morgan fingerprint density at radius 1 is 0.886 bits per heavy atom. The Morgan fingerprint density at radius 2 is 1.43 bits per heavy atom. The molecule has 0 aromatic carbocycles. The summed E-state index contributed by atoms with van der Waals surface area (Å²) in [5.74, 6) is 3.70. The predicted octanol–water partition coefficient (Wildman–Crippen LogP) is 10.7. The molecule has 3 aliphatic rings. The summed E-state index contributed by atoms with van der Waals surface area (Å²) >= 11 is 1.92. The molecule has 0 saturated heterocycles. The van der Waals surface area contributed by atoms with Crippen molar-refractivity contribution in [1.29, 1.82) is 0 Å². The summed E-state index contributed by atoms with van der Waals surface area (Å²) in [7, 11) is 3.71. The number of thiophene rings is 1. The Bertz CT molecular complexity index is 829. The molecule has 0 aliphatic heterocycles. The summed E-state index contributed by atoms with van der Waals surface area (Å²) in [6.07, 6.45) is 18.9. The Morgan fingerprint density at radius 3 is 1.91 bits per heavy atom. The second kappa shape index (κ2) is 16.3. The van der Waals surface area contributed by atoms with E-state index in [1.54, 1.807) is 5.57 Å². The zero-order chi connectivity index (χ0) is 25.8. The highest BCUT2D eigenvalue weighted by Crippen LogP contribution is 2.35. The van der Waals surface area contributed by atoms with E-state index in [0.717, 1.165) is 28.7 Å². The normalized spacial score (nSPS) is 26.3. The van der Waals surface area contributed by atoms with Gasteiger partial charge in [-0.15, -0.1) is 22.3 Å². The van der Waals surface area contributed by atoms with Crippen molar-refractivity contribution in [3.8, 4) is 0 Å². The van der Waals surface area contributed by atoms with Gasteiger partial charge < -0.3 is 4.74 Å². The molecule has 0 radical (unpaired) electrons. The fourth-order valence-electron chi connectivity index (χ4n) is 5.41. The van der Waals surface area contributed by atoms with E-state index in [1.165, 1.54) is 97.2 Å². The average Bonchev–Trinajstić information content (AvgIpc) is 3.28. The first-order valence-corrected chi connectivity index (χ1v) is 16.2. The third-order valence-corrected chi connectivity index (χ3v) is 10.7. The van der Waals surface area contributed by atoms with Crippen molar-refractivity contribution in [1.82, 2.24) is 0 Å². The molecular weight excluding hydrogens is 464 g/mol. The van der Waals surface area contributed by atoms with Crippen LogP contribution in [0.1, 0.15) is 134 Å². The molecule has 0 atom stereocenters. The highest BCUT2D eigenvalue weighted by Gasteiger charge is 2.20. The molecule has 0 amide bonds. The number of hydrogen-bond donors (Lipinski definition) is 0. The molecule has 2 fully saturated rings. The largest absolute Gasteiger partial charge is 0.338 e. The molecular formula is C32H54OS2. The van der Waals surface area contributed by atoms with Gasteiger partial charge >= 0.3 is 0 Å². The second-order valence-electron chi connectivity index (χ2n) is 11.1. The summed E-state index contributed by atoms with van der Waals surface area (Å²) in [5, 5.41) is 1.10. The smallest absolute Gasteiger partial charge is 0.146 e. The van der Waals surface area contributed by atoms with Crippen LogP contribution >= 0.6 is 22.3 Å². The topological polar surface area (TPSA) is 9.23 Å². The lowest BCUT2D eigenvalue weighted by Gasteiger charge is -2.25. The Hall–Kier alpha value is -0.640. The quantitative estimate of drug-likeness (QED) is 0.361. The minimum absolute atomic E-state index is 0.757. The Labute approximate surface area is 225 Å². The molecule has 1 aromatic rings. The van der Waals surface area contributed by atoms with E-state index in [9.17, 15) is 0 Å². The van der Waals surface area contributed by atoms with Crippen LogP contribution in [-0.4, -0.2) is 17.0 Å². The monoisotopic (exact) mass is 518 g/mol. The molecule has 0 bridgehead atoms. The third kappa shape index (κ3) is 9.97. The van der Waals surface area contributed by atoms with Crippen molar-refractivity contribution in [2.24, 2.45) is 23.7 Å². The second-order valence-corrected chi connectivity index (χ2v) is 13.4. The van der Waals surface area contributed by atoms with Gasteiger partial charge in [0.05, 0.1) is 4.88 Å². The molecule has 200 valence electrons. The van der Waals surface area contributed by atoms with E-state index >= 15 is 0 Å². The van der Waals surface area contributed by atoms with Crippen molar-refractivity contribution in [2.45, 2.75) is 126 Å². The van der Waals surface area contributed by atoms with Gasteiger partial charge in [-0.3, -0.25) is 0 Å². The van der Waals surface area contributed by atoms with E-state index in [-0.39, 0.29) is 0 Å². The predicted molar refractivity (Wildman–Crippen MR) is 164 cm³/mol. The molecule has 35 heavy (non-hydrogen) atoms. The number of aryl methyl sites for hydroxylation is 1. The third-order valence-electron chi connectivity index (χ3n) is 8.05. The highest BCUT2D eigenvalue weighted by molar-refractivity contribution is 7.98. The zero-order valence-corrected chi connectivity index (χ0v) is 25.8. The van der Waals surface area contributed by atoms with Gasteiger partial charge in [0.15, 0.2) is 0 Å². The van der Waals surface area contributed by atoms with Gasteiger partial charge in [0, 0.05) is 12.0 Å². The molecule has 1 nitrogen and oxygen atoms in total. The van der Waals surface area contributed by atoms with Crippen molar-refractivity contribution in [3.05, 3.63) is 27.5 Å². The van der Waals surface area contributed by atoms with Crippen molar-refractivity contribution < 1.29 is 4.74 Å². The minimum atomic E-state index is 0.757. The Balaban J connectivity index is 0.000000363. The highest BCUT2D eigenvalue weighted by atomic mass is 32.1. The lowest BCUT2D eigenvalue weighted by atomic mass is 9.82. The van der Waals surface area contributed by atoms with E-state index in [1.807, 2.05) is 43.2 Å². The molecule has 1 aromatic heterocycles. The van der Waals surface area contributed by atoms with Crippen molar-refractivity contribution in [3.63, 3.8) is 0 Å². The molecule has 3 heteroatoms. The van der Waals surface area contributed by atoms with Gasteiger partial charge in [-0.2, -0.15) is 0 Å². The Kier molecular flexibility index (Phi) is 14.2. The van der Waals surface area contributed by atoms with Crippen LogP contribution in [0.25, 0.3) is 5.57 Å². The summed E-state index contributed by atoms with van der Waals surface area (Å²) in [6, 6.07) is 2.37. The van der Waals surface area contributed by atoms with Gasteiger partial charge in [0.1, 0.15) is 5.05 Å². The minimum Gasteiger partial charge on any atom is -0.338 e. The molecule has 1 heterocycles. The number of hydrogen-bond acceptors (Lipinski definition) is 2. The molecule has 0 unspecified atom stereocenters. The molecule has 3 aliphatic carbocycles. The van der Waals surface area contributed by atoms with Gasteiger partial charge in [0.25, 0.3) is 0 Å². The van der Waals surface area contributed by atoms with E-state index in [4.69, 9.17) is 4.74 Å². The maximum atomic E-state index is 5.85. The van der Waals surface area contributed by atoms with Gasteiger partial charge in [-0.1, -0.05) is 79.2 Å². The average molecular weight is 519 g/mol. The van der Waals surface area contributed by atoms with E-state index in [2.05, 4.69) is 46.8 Å². The van der Waals surface area contributed by atoms with E-state index in [0.29, 0.717) is 0 Å². The molecule has 4 rings (SSSR count). The zero-order valence-electron chi connectivity index (χ0n) is 24.2. The summed E-state index contributed by atoms with van der Waals surface area (Å²) < 4.78 is 5.85. The summed E-state index contributed by atoms with van der Waals surface area (Å²) in [6.45, 7) is 15.7. The maximum absolute atomic E-state index is 5.85. The maximum Gasteiger partial charge on any atom is 0.146 e. The standard InChI is InChI=1S/C22H32OS2.C8H16.C2H6/c1-15-10-12-18(13-11-15)17(3)24-22(23-4)21-16(2)14-20(25-21)19-8-6-5-7-9-19;1-7-3-5-8(2)6-4-7;1-2/h8,14-15,18H,5-7,9-13H2,1-4H3;7-8H,3-6H2,1-2H3;1-2H3. The van der Waals surface area contributed by atoms with Crippen LogP contribution < -0.4 is 0 Å². The summed E-state index contributed by atoms with van der Waals surface area (Å²) in [5.41, 5.74) is 2.91. The fourth-order valence-corrected chi connectivity index (χ4v) is 7.85. The molecule has 2 saturated carbocycles. The van der Waals surface area contributed by atoms with Crippen molar-refractivity contribution in [2.75, 3.05) is 7.11 Å². The molecule has 0 N–H and O–H groups in total. The first-order chi connectivity index (χ1) is 16.9. The van der Waals surface area contributed by atoms with Crippen LogP contribution in [0.3, 0.4) is 0 Å². The SMILES string of the molecule is CC.CC1CCC(C)CC1.COC(=S=C(C)C1CCC(C)CC1)c1sc(C2=CCCCC2)cc1C. The first kappa shape index (κ1) is 30.6. The van der Waals surface area contributed by atoms with Crippen LogP contribution in [0.5, 0.6) is 0 Å². The number of rotatable bonds is 3. The summed E-state index contributed by atoms with van der Waals surface area (Å²) in [4.78, 5) is 4.32. The van der Waals surface area contributed by atoms with Crippen LogP contribution in [0, 0.1) is 30.6 Å². The fraction of sp³-hybridized carbons (Fsp3) is 0.750. The number of allylic oxidation sites excluding steroid dienone is 2. The lowest BCUT2D eigenvalue weighted by Crippen LogP contribution is -2.18.